The predicted molar refractivity (Wildman–Crippen MR) is 106 cm³/mol. The second-order valence-corrected chi connectivity index (χ2v) is 8.99. The molecule has 0 saturated carbocycles. The van der Waals surface area contributed by atoms with Gasteiger partial charge in [0, 0.05) is 26.1 Å². The first kappa shape index (κ1) is 21.7. The number of carbonyl (C=O) groups excluding carboxylic acids is 3. The van der Waals surface area contributed by atoms with Crippen LogP contribution in [0.25, 0.3) is 0 Å². The van der Waals surface area contributed by atoms with Crippen molar-refractivity contribution in [2.75, 3.05) is 19.6 Å². The van der Waals surface area contributed by atoms with Gasteiger partial charge in [-0.2, -0.15) is 0 Å². The van der Waals surface area contributed by atoms with Crippen LogP contribution in [0.15, 0.2) is 0 Å². The Morgan fingerprint density at radius 3 is 2.30 bits per heavy atom. The third kappa shape index (κ3) is 4.82. The lowest BCUT2D eigenvalue weighted by Crippen LogP contribution is -2.73. The lowest BCUT2D eigenvalue weighted by Gasteiger charge is -2.51. The summed E-state index contributed by atoms with van der Waals surface area (Å²) in [4.78, 5) is 42.3. The van der Waals surface area contributed by atoms with Crippen LogP contribution in [0.1, 0.15) is 73.1 Å². The minimum atomic E-state index is -0.782. The molecular weight excluding hydrogens is 342 g/mol. The Bertz CT molecular complexity index is 551. The Morgan fingerprint density at radius 1 is 1.15 bits per heavy atom. The summed E-state index contributed by atoms with van der Waals surface area (Å²) < 4.78 is 0. The first-order valence-corrected chi connectivity index (χ1v) is 10.6. The van der Waals surface area contributed by atoms with Crippen molar-refractivity contribution in [1.29, 1.82) is 0 Å². The van der Waals surface area contributed by atoms with Gasteiger partial charge in [0.15, 0.2) is 0 Å². The molecule has 2 aliphatic rings. The van der Waals surface area contributed by atoms with Gasteiger partial charge in [-0.1, -0.05) is 34.6 Å². The summed E-state index contributed by atoms with van der Waals surface area (Å²) >= 11 is 0. The normalized spacial score (nSPS) is 22.7. The predicted octanol–water partition coefficient (Wildman–Crippen LogP) is 2.57. The molecule has 154 valence electrons. The summed E-state index contributed by atoms with van der Waals surface area (Å²) in [5.74, 6) is 1.03. The monoisotopic (exact) mass is 379 g/mol. The number of rotatable bonds is 7. The van der Waals surface area contributed by atoms with E-state index in [1.165, 1.54) is 0 Å². The van der Waals surface area contributed by atoms with Crippen molar-refractivity contribution in [2.24, 2.45) is 11.8 Å². The van der Waals surface area contributed by atoms with E-state index in [2.05, 4.69) is 33.0 Å². The fraction of sp³-hybridized carbons (Fsp3) is 0.857. The smallest absolute Gasteiger partial charge is 0.246 e. The second kappa shape index (κ2) is 9.07. The van der Waals surface area contributed by atoms with Gasteiger partial charge in [0.1, 0.15) is 11.6 Å². The van der Waals surface area contributed by atoms with E-state index in [4.69, 9.17) is 0 Å². The van der Waals surface area contributed by atoms with Gasteiger partial charge < -0.3 is 15.1 Å². The topological polar surface area (TPSA) is 69.7 Å². The average Bonchev–Trinajstić information content (AvgIpc) is 2.61. The van der Waals surface area contributed by atoms with Crippen molar-refractivity contribution < 1.29 is 14.4 Å². The average molecular weight is 380 g/mol. The van der Waals surface area contributed by atoms with Gasteiger partial charge >= 0.3 is 0 Å². The summed E-state index contributed by atoms with van der Waals surface area (Å²) in [6.45, 7) is 12.1. The van der Waals surface area contributed by atoms with E-state index in [-0.39, 0.29) is 17.7 Å². The van der Waals surface area contributed by atoms with Gasteiger partial charge in [0.2, 0.25) is 17.7 Å². The van der Waals surface area contributed by atoms with Crippen LogP contribution in [-0.4, -0.2) is 58.7 Å². The van der Waals surface area contributed by atoms with Crippen molar-refractivity contribution in [2.45, 2.75) is 84.7 Å². The third-order valence-electron chi connectivity index (χ3n) is 5.84. The minimum absolute atomic E-state index is 0.0320. The fourth-order valence-corrected chi connectivity index (χ4v) is 4.25. The Kier molecular flexibility index (Phi) is 7.29. The van der Waals surface area contributed by atoms with E-state index < -0.39 is 11.6 Å². The van der Waals surface area contributed by atoms with Gasteiger partial charge in [0.25, 0.3) is 0 Å². The standard InChI is InChI=1S/C21H37N3O3/c1-6-11-24-19(26)17(14-16(4)5)22-20(27)21(24)9-12-23(13-10-21)18(25)8-7-15(2)3/h15-17H,6-14H2,1-5H3,(H,22,27). The molecule has 2 aliphatic heterocycles. The van der Waals surface area contributed by atoms with E-state index in [0.717, 1.165) is 12.8 Å². The Hall–Kier alpha value is -1.59. The molecule has 0 radical (unpaired) electrons. The number of piperidine rings is 1. The number of nitrogens with one attached hydrogen (secondary N) is 1. The molecule has 0 aromatic rings. The molecule has 0 bridgehead atoms. The van der Waals surface area contributed by atoms with Gasteiger partial charge in [0.05, 0.1) is 0 Å². The quantitative estimate of drug-likeness (QED) is 0.739. The molecule has 1 spiro atoms. The van der Waals surface area contributed by atoms with Crippen molar-refractivity contribution in [3.63, 3.8) is 0 Å². The molecule has 2 saturated heterocycles. The molecule has 2 fully saturated rings. The van der Waals surface area contributed by atoms with E-state index in [1.807, 2.05) is 16.7 Å². The number of piperazine rings is 1. The first-order chi connectivity index (χ1) is 12.7. The Labute approximate surface area is 164 Å². The zero-order chi connectivity index (χ0) is 20.2. The fourth-order valence-electron chi connectivity index (χ4n) is 4.25. The summed E-state index contributed by atoms with van der Waals surface area (Å²) in [5.41, 5.74) is -0.782. The molecule has 6 heteroatoms. The number of likely N-dealkylation sites (tertiary alicyclic amines) is 1. The van der Waals surface area contributed by atoms with Crippen LogP contribution < -0.4 is 5.32 Å². The molecule has 3 amide bonds. The van der Waals surface area contributed by atoms with Crippen LogP contribution in [0.3, 0.4) is 0 Å². The molecule has 1 unspecified atom stereocenters. The van der Waals surface area contributed by atoms with Crippen molar-refractivity contribution in [3.05, 3.63) is 0 Å². The number of carbonyl (C=O) groups is 3. The summed E-state index contributed by atoms with van der Waals surface area (Å²) in [6.07, 6.45) is 4.01. The number of hydrogen-bond donors (Lipinski definition) is 1. The molecule has 1 atom stereocenters. The van der Waals surface area contributed by atoms with Crippen LogP contribution in [0.4, 0.5) is 0 Å². The SMILES string of the molecule is CCCN1C(=O)C(CC(C)C)NC(=O)C12CCN(C(=O)CCC(C)C)CC2. The van der Waals surface area contributed by atoms with Gasteiger partial charge in [-0.05, 0) is 43.9 Å². The largest absolute Gasteiger partial charge is 0.342 e. The van der Waals surface area contributed by atoms with E-state index in [9.17, 15) is 14.4 Å². The van der Waals surface area contributed by atoms with Crippen molar-refractivity contribution in [1.82, 2.24) is 15.1 Å². The van der Waals surface area contributed by atoms with Gasteiger partial charge in [-0.25, -0.2) is 0 Å². The van der Waals surface area contributed by atoms with Crippen LogP contribution in [0.5, 0.6) is 0 Å². The van der Waals surface area contributed by atoms with E-state index >= 15 is 0 Å². The molecule has 27 heavy (non-hydrogen) atoms. The zero-order valence-electron chi connectivity index (χ0n) is 17.7. The number of hydrogen-bond acceptors (Lipinski definition) is 3. The number of nitrogens with zero attached hydrogens (tertiary/aromatic N) is 2. The minimum Gasteiger partial charge on any atom is -0.342 e. The molecular formula is C21H37N3O3. The summed E-state index contributed by atoms with van der Waals surface area (Å²) in [5, 5.41) is 3.00. The Morgan fingerprint density at radius 2 is 1.78 bits per heavy atom. The second-order valence-electron chi connectivity index (χ2n) is 8.99. The van der Waals surface area contributed by atoms with E-state index in [0.29, 0.717) is 57.2 Å². The van der Waals surface area contributed by atoms with Crippen LogP contribution in [0.2, 0.25) is 0 Å². The molecule has 6 nitrogen and oxygen atoms in total. The van der Waals surface area contributed by atoms with Crippen molar-refractivity contribution in [3.8, 4) is 0 Å². The molecule has 0 aliphatic carbocycles. The van der Waals surface area contributed by atoms with Crippen LogP contribution in [-0.2, 0) is 14.4 Å². The van der Waals surface area contributed by atoms with Gasteiger partial charge in [-0.15, -0.1) is 0 Å². The highest BCUT2D eigenvalue weighted by Gasteiger charge is 2.53. The maximum atomic E-state index is 13.1. The lowest BCUT2D eigenvalue weighted by atomic mass is 9.80. The van der Waals surface area contributed by atoms with Crippen LogP contribution in [0, 0.1) is 11.8 Å². The van der Waals surface area contributed by atoms with Gasteiger partial charge in [-0.3, -0.25) is 14.4 Å². The van der Waals surface area contributed by atoms with E-state index in [1.54, 1.807) is 0 Å². The highest BCUT2D eigenvalue weighted by atomic mass is 16.2. The van der Waals surface area contributed by atoms with Crippen LogP contribution >= 0.6 is 0 Å². The highest BCUT2D eigenvalue weighted by molar-refractivity contribution is 6.00. The maximum absolute atomic E-state index is 13.1. The summed E-state index contributed by atoms with van der Waals surface area (Å²) in [6, 6.07) is -0.416. The zero-order valence-corrected chi connectivity index (χ0v) is 17.7. The first-order valence-electron chi connectivity index (χ1n) is 10.6. The molecule has 2 heterocycles. The maximum Gasteiger partial charge on any atom is 0.246 e. The summed E-state index contributed by atoms with van der Waals surface area (Å²) in [7, 11) is 0. The highest BCUT2D eigenvalue weighted by Crippen LogP contribution is 2.34. The molecule has 0 aromatic heterocycles. The lowest BCUT2D eigenvalue weighted by molar-refractivity contribution is -0.162. The van der Waals surface area contributed by atoms with Crippen molar-refractivity contribution >= 4 is 17.7 Å². The molecule has 0 aromatic carbocycles. The molecule has 1 N–H and O–H groups in total. The number of amides is 3. The Balaban J connectivity index is 2.10. The molecule has 2 rings (SSSR count). The third-order valence-corrected chi connectivity index (χ3v) is 5.84.